The number of sulfonamides is 1. The number of nitro groups is 1. The van der Waals surface area contributed by atoms with Gasteiger partial charge in [-0.25, -0.2) is 17.9 Å². The van der Waals surface area contributed by atoms with Crippen molar-refractivity contribution in [1.82, 2.24) is 14.5 Å². The van der Waals surface area contributed by atoms with Gasteiger partial charge in [0, 0.05) is 71.3 Å². The molecule has 0 bridgehead atoms. The second-order valence-electron chi connectivity index (χ2n) is 14.9. The summed E-state index contributed by atoms with van der Waals surface area (Å²) in [6.07, 6.45) is 0.789. The predicted molar refractivity (Wildman–Crippen MR) is 237 cm³/mol. The van der Waals surface area contributed by atoms with Crippen molar-refractivity contribution in [2.24, 2.45) is 5.92 Å². The number of hydrogen-bond donors (Lipinski definition) is 1. The highest BCUT2D eigenvalue weighted by molar-refractivity contribution is 7.99. The first-order chi connectivity index (χ1) is 28.8. The van der Waals surface area contributed by atoms with E-state index >= 15 is 0 Å². The molecule has 1 amide bonds. The smallest absolute Gasteiger partial charge is 0.338 e. The average molecular weight is 870 g/mol. The molecule has 1 heterocycles. The number of rotatable bonds is 17. The third-order valence-corrected chi connectivity index (χ3v) is 13.3. The standard InChI is InChI=1S/C45H48ClN5O7S2/c1-48(2)22-21-32(31-59-38-10-5-4-6-11-38)27-41-42(45(53)58-3)28-39(29-43(41)51(54)55)60(56,57)47-44(52)34-15-19-37(20-16-34)50-25-23-49(24-26-50)30-35-9-7-8-12-40(35)33-13-17-36(46)18-14-33/h4-20,28-29,32H,21-27,30-31H2,1-3H3,(H,47,52)/t32-/m0/s1. The molecule has 0 unspecified atom stereocenters. The molecule has 1 aliphatic heterocycles. The highest BCUT2D eigenvalue weighted by atomic mass is 35.5. The number of halogens is 1. The summed E-state index contributed by atoms with van der Waals surface area (Å²) in [5, 5.41) is 13.2. The number of benzene rings is 5. The van der Waals surface area contributed by atoms with Crippen molar-refractivity contribution in [3.8, 4) is 11.1 Å². The molecular weight excluding hydrogens is 822 g/mol. The monoisotopic (exact) mass is 869 g/mol. The molecule has 1 saturated heterocycles. The van der Waals surface area contributed by atoms with Crippen LogP contribution >= 0.6 is 23.4 Å². The van der Waals surface area contributed by atoms with Crippen molar-refractivity contribution >= 4 is 56.6 Å². The fourth-order valence-electron chi connectivity index (χ4n) is 7.20. The first-order valence-corrected chi connectivity index (χ1v) is 22.4. The lowest BCUT2D eigenvalue weighted by molar-refractivity contribution is -0.385. The number of esters is 1. The molecule has 1 N–H and O–H groups in total. The normalized spacial score (nSPS) is 13.8. The molecule has 60 heavy (non-hydrogen) atoms. The van der Waals surface area contributed by atoms with Crippen molar-refractivity contribution < 1.29 is 27.7 Å². The molecular formula is C45H48ClN5O7S2. The summed E-state index contributed by atoms with van der Waals surface area (Å²) in [5.41, 5.74) is 3.77. The van der Waals surface area contributed by atoms with Crippen molar-refractivity contribution in [2.75, 3.05) is 64.6 Å². The summed E-state index contributed by atoms with van der Waals surface area (Å²) < 4.78 is 34.4. The van der Waals surface area contributed by atoms with Crippen LogP contribution in [0.4, 0.5) is 11.4 Å². The number of piperazine rings is 1. The Morgan fingerprint density at radius 2 is 1.58 bits per heavy atom. The van der Waals surface area contributed by atoms with Crippen LogP contribution in [0.1, 0.15) is 38.3 Å². The van der Waals surface area contributed by atoms with E-state index in [1.54, 1.807) is 36.0 Å². The topological polar surface area (TPSA) is 142 Å². The summed E-state index contributed by atoms with van der Waals surface area (Å²) in [6.45, 7) is 4.62. The largest absolute Gasteiger partial charge is 0.465 e. The summed E-state index contributed by atoms with van der Waals surface area (Å²) in [5.74, 6) is -1.35. The lowest BCUT2D eigenvalue weighted by Crippen LogP contribution is -2.46. The highest BCUT2D eigenvalue weighted by Crippen LogP contribution is 2.33. The summed E-state index contributed by atoms with van der Waals surface area (Å²) in [7, 11) is 0.319. The SMILES string of the molecule is COC(=O)c1cc(S(=O)(=O)NC(=O)c2ccc(N3CCN(Cc4ccccc4-c4ccc(Cl)cc4)CC3)cc2)cc([N+](=O)[O-])c1C[C@H](CCN(C)C)CSc1ccccc1. The van der Waals surface area contributed by atoms with Gasteiger partial charge in [-0.15, -0.1) is 11.8 Å². The first-order valence-electron chi connectivity index (χ1n) is 19.5. The maximum absolute atomic E-state index is 13.7. The van der Waals surface area contributed by atoms with E-state index in [9.17, 15) is 28.1 Å². The van der Waals surface area contributed by atoms with E-state index in [1.807, 2.05) is 90.4 Å². The molecule has 15 heteroatoms. The van der Waals surface area contributed by atoms with E-state index in [0.29, 0.717) is 23.7 Å². The van der Waals surface area contributed by atoms with E-state index in [2.05, 4.69) is 21.9 Å². The van der Waals surface area contributed by atoms with Crippen molar-refractivity contribution in [1.29, 1.82) is 0 Å². The number of carbonyl (C=O) groups is 2. The predicted octanol–water partition coefficient (Wildman–Crippen LogP) is 8.05. The number of hydrogen-bond acceptors (Lipinski definition) is 11. The second-order valence-corrected chi connectivity index (χ2v) is 18.1. The molecule has 0 spiro atoms. The second kappa shape index (κ2) is 20.3. The quantitative estimate of drug-likeness (QED) is 0.0420. The minimum absolute atomic E-state index is 0.0775. The Morgan fingerprint density at radius 1 is 0.917 bits per heavy atom. The average Bonchev–Trinajstić information content (AvgIpc) is 3.25. The number of nitrogens with one attached hydrogen (secondary N) is 1. The van der Waals surface area contributed by atoms with Gasteiger partial charge in [-0.2, -0.15) is 0 Å². The zero-order valence-electron chi connectivity index (χ0n) is 33.8. The zero-order valence-corrected chi connectivity index (χ0v) is 36.1. The first kappa shape index (κ1) is 44.3. The number of anilines is 1. The maximum Gasteiger partial charge on any atom is 0.338 e. The number of ether oxygens (including phenoxy) is 1. The Bertz CT molecular complexity index is 2390. The van der Waals surface area contributed by atoms with E-state index < -0.39 is 37.4 Å². The van der Waals surface area contributed by atoms with Gasteiger partial charge in [-0.1, -0.05) is 66.2 Å². The van der Waals surface area contributed by atoms with Crippen LogP contribution in [0.15, 0.2) is 125 Å². The number of amides is 1. The van der Waals surface area contributed by atoms with Gasteiger partial charge in [-0.3, -0.25) is 19.8 Å². The number of methoxy groups -OCH3 is 1. The highest BCUT2D eigenvalue weighted by Gasteiger charge is 2.31. The number of thioether (sulfide) groups is 1. The van der Waals surface area contributed by atoms with Gasteiger partial charge in [0.25, 0.3) is 21.6 Å². The molecule has 5 aromatic carbocycles. The molecule has 5 aromatic rings. The minimum atomic E-state index is -4.67. The van der Waals surface area contributed by atoms with Crippen LogP contribution in [-0.2, 0) is 27.7 Å². The van der Waals surface area contributed by atoms with Crippen LogP contribution < -0.4 is 9.62 Å². The molecule has 314 valence electrons. The van der Waals surface area contributed by atoms with Crippen molar-refractivity contribution in [3.63, 3.8) is 0 Å². The molecule has 1 fully saturated rings. The number of carbonyl (C=O) groups excluding carboxylic acids is 2. The molecule has 0 aromatic heterocycles. The Hall–Kier alpha value is -5.25. The van der Waals surface area contributed by atoms with Gasteiger partial charge in [-0.05, 0) is 111 Å². The Labute approximate surface area is 360 Å². The summed E-state index contributed by atoms with van der Waals surface area (Å²) >= 11 is 7.72. The molecule has 12 nitrogen and oxygen atoms in total. The fraction of sp³-hybridized carbons (Fsp3) is 0.289. The van der Waals surface area contributed by atoms with Gasteiger partial charge in [0.1, 0.15) is 0 Å². The van der Waals surface area contributed by atoms with Gasteiger partial charge < -0.3 is 14.5 Å². The lowest BCUT2D eigenvalue weighted by Gasteiger charge is -2.36. The van der Waals surface area contributed by atoms with Gasteiger partial charge in [0.2, 0.25) is 0 Å². The Kier molecular flexibility index (Phi) is 15.0. The summed E-state index contributed by atoms with van der Waals surface area (Å²) in [6, 6.07) is 34.5. The number of nitrogens with zero attached hydrogens (tertiary/aromatic N) is 4. The summed E-state index contributed by atoms with van der Waals surface area (Å²) in [4.78, 5) is 45.4. The fourth-order valence-corrected chi connectivity index (χ4v) is 9.41. The molecule has 0 radical (unpaired) electrons. The third kappa shape index (κ3) is 11.5. The molecule has 1 atom stereocenters. The van der Waals surface area contributed by atoms with E-state index in [0.717, 1.165) is 68.1 Å². The zero-order chi connectivity index (χ0) is 42.8. The molecule has 1 aliphatic rings. The van der Waals surface area contributed by atoms with Gasteiger partial charge in [0.15, 0.2) is 0 Å². The molecule has 0 aliphatic carbocycles. The van der Waals surface area contributed by atoms with Crippen molar-refractivity contribution in [2.45, 2.75) is 29.2 Å². The van der Waals surface area contributed by atoms with E-state index in [-0.39, 0.29) is 29.0 Å². The van der Waals surface area contributed by atoms with Crippen LogP contribution in [-0.4, -0.2) is 94.7 Å². The minimum Gasteiger partial charge on any atom is -0.465 e. The van der Waals surface area contributed by atoms with E-state index in [4.69, 9.17) is 16.3 Å². The van der Waals surface area contributed by atoms with Crippen LogP contribution in [0.25, 0.3) is 11.1 Å². The third-order valence-electron chi connectivity index (χ3n) is 10.5. The van der Waals surface area contributed by atoms with E-state index in [1.165, 1.54) is 11.1 Å². The molecule has 6 rings (SSSR count). The van der Waals surface area contributed by atoms with Crippen molar-refractivity contribution in [3.05, 3.63) is 153 Å². The maximum atomic E-state index is 13.7. The van der Waals surface area contributed by atoms with Crippen LogP contribution in [0.2, 0.25) is 5.02 Å². The number of nitro benzene ring substituents is 1. The van der Waals surface area contributed by atoms with Crippen LogP contribution in [0, 0.1) is 16.0 Å². The molecule has 0 saturated carbocycles. The lowest BCUT2D eigenvalue weighted by atomic mass is 9.93. The van der Waals surface area contributed by atoms with Crippen LogP contribution in [0.5, 0.6) is 0 Å². The Balaban J connectivity index is 1.13. The van der Waals surface area contributed by atoms with Gasteiger partial charge >= 0.3 is 5.97 Å². The Morgan fingerprint density at radius 3 is 2.23 bits per heavy atom. The van der Waals surface area contributed by atoms with Gasteiger partial charge in [0.05, 0.1) is 22.5 Å². The van der Waals surface area contributed by atoms with Crippen LogP contribution in [0.3, 0.4) is 0 Å².